The van der Waals surface area contributed by atoms with Crippen molar-refractivity contribution in [3.63, 3.8) is 0 Å². The molecule has 0 radical (unpaired) electrons. The second kappa shape index (κ2) is 9.21. The fourth-order valence-corrected chi connectivity index (χ4v) is 2.64. The summed E-state index contributed by atoms with van der Waals surface area (Å²) in [4.78, 5) is 26.0. The molecule has 0 aliphatic heterocycles. The summed E-state index contributed by atoms with van der Waals surface area (Å²) in [7, 11) is 0. The number of benzene rings is 2. The van der Waals surface area contributed by atoms with E-state index in [1.807, 2.05) is 0 Å². The SMILES string of the molecule is Cc1cc(NC(=O)[C@@](C)(O)COc2ccc(N=C=S)cc2)cc(C(F)(F)F)c1[N+](=O)[O-]. The number of alkyl halides is 3. The average Bonchev–Trinajstić information content (AvgIpc) is 2.66. The molecule has 2 aromatic carbocycles. The van der Waals surface area contributed by atoms with Gasteiger partial charge in [-0.05, 0) is 62.5 Å². The Kier molecular flexibility index (Phi) is 7.11. The molecule has 2 rings (SSSR count). The standard InChI is InChI=1S/C19H16F3N3O5S/c1-11-7-13(8-15(19(20,21)22)16(11)25(28)29)24-17(26)18(2,27)9-30-14-5-3-12(4-6-14)23-10-31/h3-8,27H,9H2,1-2H3,(H,24,26)/t18-/m0/s1. The number of nitrogens with one attached hydrogen (secondary N) is 1. The average molecular weight is 455 g/mol. The van der Waals surface area contributed by atoms with Crippen molar-refractivity contribution in [3.05, 3.63) is 57.6 Å². The molecular formula is C19H16F3N3O5S. The molecule has 12 heteroatoms. The van der Waals surface area contributed by atoms with Crippen LogP contribution in [0.1, 0.15) is 18.1 Å². The Balaban J connectivity index is 2.18. The molecule has 0 fully saturated rings. The van der Waals surface area contributed by atoms with Crippen LogP contribution in [-0.4, -0.2) is 33.3 Å². The van der Waals surface area contributed by atoms with Crippen molar-refractivity contribution in [1.82, 2.24) is 0 Å². The van der Waals surface area contributed by atoms with Gasteiger partial charge >= 0.3 is 6.18 Å². The van der Waals surface area contributed by atoms with E-state index in [0.29, 0.717) is 17.5 Å². The number of nitrogens with zero attached hydrogens (tertiary/aromatic N) is 2. The molecule has 164 valence electrons. The third kappa shape index (κ3) is 6.07. The molecule has 2 aromatic rings. The number of aliphatic hydroxyl groups is 1. The summed E-state index contributed by atoms with van der Waals surface area (Å²) < 4.78 is 45.0. The van der Waals surface area contributed by atoms with Crippen LogP contribution in [-0.2, 0) is 11.0 Å². The van der Waals surface area contributed by atoms with E-state index < -0.39 is 40.5 Å². The first-order valence-corrected chi connectivity index (χ1v) is 8.97. The van der Waals surface area contributed by atoms with Crippen molar-refractivity contribution < 1.29 is 32.7 Å². The Morgan fingerprint density at radius 3 is 2.45 bits per heavy atom. The second-order valence-electron chi connectivity index (χ2n) is 6.66. The van der Waals surface area contributed by atoms with Gasteiger partial charge in [-0.25, -0.2) is 0 Å². The zero-order valence-corrected chi connectivity index (χ0v) is 17.0. The monoisotopic (exact) mass is 455 g/mol. The minimum atomic E-state index is -5.02. The molecular weight excluding hydrogens is 439 g/mol. The molecule has 2 N–H and O–H groups in total. The normalized spacial score (nSPS) is 13.0. The summed E-state index contributed by atoms with van der Waals surface area (Å²) in [6, 6.07) is 7.58. The maximum Gasteiger partial charge on any atom is 0.423 e. The van der Waals surface area contributed by atoms with Crippen LogP contribution in [0.2, 0.25) is 0 Å². The molecule has 0 saturated heterocycles. The minimum Gasteiger partial charge on any atom is -0.490 e. The van der Waals surface area contributed by atoms with Crippen molar-refractivity contribution >= 4 is 40.3 Å². The second-order valence-corrected chi connectivity index (χ2v) is 6.84. The van der Waals surface area contributed by atoms with Gasteiger partial charge in [0.15, 0.2) is 5.60 Å². The predicted molar refractivity (Wildman–Crippen MR) is 109 cm³/mol. The van der Waals surface area contributed by atoms with Crippen LogP contribution in [0.4, 0.5) is 30.2 Å². The minimum absolute atomic E-state index is 0.293. The van der Waals surface area contributed by atoms with Crippen molar-refractivity contribution in [2.75, 3.05) is 11.9 Å². The van der Waals surface area contributed by atoms with Gasteiger partial charge in [-0.1, -0.05) is 0 Å². The van der Waals surface area contributed by atoms with Crippen molar-refractivity contribution in [2.45, 2.75) is 25.6 Å². The number of nitro benzene ring substituents is 1. The highest BCUT2D eigenvalue weighted by Crippen LogP contribution is 2.39. The van der Waals surface area contributed by atoms with Gasteiger partial charge in [0.05, 0.1) is 15.8 Å². The van der Waals surface area contributed by atoms with E-state index in [1.165, 1.54) is 12.1 Å². The summed E-state index contributed by atoms with van der Waals surface area (Å²) in [6.45, 7) is 1.70. The number of nitro groups is 1. The summed E-state index contributed by atoms with van der Waals surface area (Å²) in [5.74, 6) is -0.766. The van der Waals surface area contributed by atoms with E-state index in [0.717, 1.165) is 19.9 Å². The number of thiocarbonyl (C=S) groups is 1. The van der Waals surface area contributed by atoms with E-state index in [2.05, 4.69) is 27.7 Å². The lowest BCUT2D eigenvalue weighted by Gasteiger charge is -2.23. The van der Waals surface area contributed by atoms with Gasteiger partial charge in [0.25, 0.3) is 11.6 Å². The predicted octanol–water partition coefficient (Wildman–Crippen LogP) is 4.42. The lowest BCUT2D eigenvalue weighted by Crippen LogP contribution is -2.45. The molecule has 0 aliphatic carbocycles. The first kappa shape index (κ1) is 23.9. The molecule has 0 heterocycles. The maximum atomic E-state index is 13.2. The van der Waals surface area contributed by atoms with E-state index in [1.54, 1.807) is 12.1 Å². The number of amides is 1. The Morgan fingerprint density at radius 2 is 1.94 bits per heavy atom. The van der Waals surface area contributed by atoms with Gasteiger partial charge < -0.3 is 15.2 Å². The Morgan fingerprint density at radius 1 is 1.32 bits per heavy atom. The molecule has 0 aromatic heterocycles. The van der Waals surface area contributed by atoms with Gasteiger partial charge in [0.2, 0.25) is 0 Å². The van der Waals surface area contributed by atoms with Crippen LogP contribution in [0.5, 0.6) is 5.75 Å². The largest absolute Gasteiger partial charge is 0.490 e. The van der Waals surface area contributed by atoms with Gasteiger partial charge in [-0.2, -0.15) is 18.2 Å². The summed E-state index contributed by atoms with van der Waals surface area (Å²) in [6.07, 6.45) is -5.02. The Bertz CT molecular complexity index is 1050. The number of halogens is 3. The third-order valence-electron chi connectivity index (χ3n) is 4.07. The van der Waals surface area contributed by atoms with E-state index in [-0.39, 0.29) is 11.3 Å². The third-order valence-corrected chi connectivity index (χ3v) is 4.16. The van der Waals surface area contributed by atoms with E-state index in [4.69, 9.17) is 4.74 Å². The van der Waals surface area contributed by atoms with Crippen LogP contribution in [0, 0.1) is 17.0 Å². The lowest BCUT2D eigenvalue weighted by molar-refractivity contribution is -0.388. The molecule has 31 heavy (non-hydrogen) atoms. The molecule has 1 atom stereocenters. The smallest absolute Gasteiger partial charge is 0.423 e. The highest BCUT2D eigenvalue weighted by molar-refractivity contribution is 7.78. The number of hydrogen-bond acceptors (Lipinski definition) is 7. The van der Waals surface area contributed by atoms with Crippen molar-refractivity contribution in [2.24, 2.45) is 4.99 Å². The van der Waals surface area contributed by atoms with Gasteiger partial charge in [0.1, 0.15) is 17.9 Å². The van der Waals surface area contributed by atoms with Crippen LogP contribution in [0.3, 0.4) is 0 Å². The summed E-state index contributed by atoms with van der Waals surface area (Å²) in [5, 5.41) is 25.7. The van der Waals surface area contributed by atoms with Crippen molar-refractivity contribution in [1.29, 1.82) is 0 Å². The zero-order valence-electron chi connectivity index (χ0n) is 16.2. The molecule has 8 nitrogen and oxygen atoms in total. The molecule has 0 aliphatic rings. The lowest BCUT2D eigenvalue weighted by atomic mass is 10.0. The first-order chi connectivity index (χ1) is 14.3. The van der Waals surface area contributed by atoms with Crippen LogP contribution in [0.15, 0.2) is 41.4 Å². The number of ether oxygens (including phenoxy) is 1. The quantitative estimate of drug-likeness (QED) is 0.276. The topological polar surface area (TPSA) is 114 Å². The molecule has 0 unspecified atom stereocenters. The van der Waals surface area contributed by atoms with Crippen molar-refractivity contribution in [3.8, 4) is 5.75 Å². The highest BCUT2D eigenvalue weighted by atomic mass is 32.1. The molecule has 0 saturated carbocycles. The fourth-order valence-electron chi connectivity index (χ4n) is 2.53. The summed E-state index contributed by atoms with van der Waals surface area (Å²) in [5.41, 5.74) is -4.89. The number of aryl methyl sites for hydroxylation is 1. The van der Waals surface area contributed by atoms with Gasteiger partial charge in [-0.15, -0.1) is 0 Å². The van der Waals surface area contributed by atoms with E-state index in [9.17, 15) is 33.2 Å². The van der Waals surface area contributed by atoms with Crippen LogP contribution >= 0.6 is 12.2 Å². The Labute approximate surface area is 179 Å². The van der Waals surface area contributed by atoms with Crippen LogP contribution < -0.4 is 10.1 Å². The summed E-state index contributed by atoms with van der Waals surface area (Å²) >= 11 is 4.48. The highest BCUT2D eigenvalue weighted by Gasteiger charge is 2.40. The molecule has 0 bridgehead atoms. The number of isothiocyanates is 1. The first-order valence-electron chi connectivity index (χ1n) is 8.56. The van der Waals surface area contributed by atoms with Gasteiger partial charge in [-0.3, -0.25) is 14.9 Å². The number of rotatable bonds is 7. The Hall–Kier alpha value is -3.34. The van der Waals surface area contributed by atoms with E-state index >= 15 is 0 Å². The number of anilines is 1. The van der Waals surface area contributed by atoms with Crippen LogP contribution in [0.25, 0.3) is 0 Å². The maximum absolute atomic E-state index is 13.2. The molecule has 0 spiro atoms. The molecule has 1 amide bonds. The number of hydrogen-bond donors (Lipinski definition) is 2. The number of carbonyl (C=O) groups is 1. The fraction of sp³-hybridized carbons (Fsp3) is 0.263. The number of aliphatic imine (C=N–C) groups is 1. The van der Waals surface area contributed by atoms with Gasteiger partial charge in [0, 0.05) is 11.3 Å². The number of carbonyl (C=O) groups excluding carboxylic acids is 1. The zero-order chi connectivity index (χ0) is 23.4.